The summed E-state index contributed by atoms with van der Waals surface area (Å²) in [6.45, 7) is 5.89. The van der Waals surface area contributed by atoms with Gasteiger partial charge in [0.05, 0.1) is 34.6 Å². The molecule has 0 aliphatic carbocycles. The SMILES string of the molecule is Cc1cc(C2C(c3ccccn3)NC(=S)N2CC2CCCO2)c(C)n1-c1ccccc1Cl. The molecular formula is C25H27ClN4OS. The number of thiocarbonyl (C=S) groups is 1. The lowest BCUT2D eigenvalue weighted by Crippen LogP contribution is -2.36. The summed E-state index contributed by atoms with van der Waals surface area (Å²) in [7, 11) is 0. The lowest BCUT2D eigenvalue weighted by molar-refractivity contribution is 0.0842. The number of aromatic nitrogens is 2. The number of para-hydroxylation sites is 1. The maximum atomic E-state index is 6.57. The van der Waals surface area contributed by atoms with Crippen LogP contribution in [-0.2, 0) is 4.74 Å². The molecule has 0 amide bonds. The van der Waals surface area contributed by atoms with E-state index in [0.29, 0.717) is 0 Å². The lowest BCUT2D eigenvalue weighted by Gasteiger charge is -2.30. The molecule has 0 radical (unpaired) electrons. The molecule has 32 heavy (non-hydrogen) atoms. The Labute approximate surface area is 199 Å². The van der Waals surface area contributed by atoms with E-state index in [1.54, 1.807) is 0 Å². The minimum Gasteiger partial charge on any atom is -0.376 e. The van der Waals surface area contributed by atoms with Crippen molar-refractivity contribution >= 4 is 28.9 Å². The highest BCUT2D eigenvalue weighted by atomic mass is 35.5. The zero-order valence-electron chi connectivity index (χ0n) is 18.3. The van der Waals surface area contributed by atoms with Gasteiger partial charge in [-0.1, -0.05) is 29.8 Å². The van der Waals surface area contributed by atoms with Crippen molar-refractivity contribution in [1.82, 2.24) is 19.8 Å². The number of pyridine rings is 1. The Balaban J connectivity index is 1.60. The fourth-order valence-electron chi connectivity index (χ4n) is 5.04. The molecule has 2 aromatic heterocycles. The second-order valence-electron chi connectivity index (χ2n) is 8.53. The van der Waals surface area contributed by atoms with E-state index in [1.807, 2.05) is 36.5 Å². The average Bonchev–Trinajstić information content (AvgIpc) is 3.49. The Hall–Kier alpha value is -2.41. The maximum Gasteiger partial charge on any atom is 0.170 e. The molecule has 2 saturated heterocycles. The van der Waals surface area contributed by atoms with Crippen molar-refractivity contribution in [3.05, 3.63) is 82.4 Å². The molecule has 3 atom stereocenters. The first kappa shape index (κ1) is 21.4. The van der Waals surface area contributed by atoms with Crippen LogP contribution in [0.3, 0.4) is 0 Å². The van der Waals surface area contributed by atoms with Gasteiger partial charge in [-0.2, -0.15) is 0 Å². The van der Waals surface area contributed by atoms with Gasteiger partial charge in [-0.3, -0.25) is 4.98 Å². The van der Waals surface area contributed by atoms with E-state index in [-0.39, 0.29) is 18.2 Å². The first-order valence-electron chi connectivity index (χ1n) is 11.1. The van der Waals surface area contributed by atoms with Crippen molar-refractivity contribution < 1.29 is 4.74 Å². The smallest absolute Gasteiger partial charge is 0.170 e. The molecule has 2 fully saturated rings. The molecule has 0 spiro atoms. The van der Waals surface area contributed by atoms with E-state index in [2.05, 4.69) is 51.8 Å². The average molecular weight is 467 g/mol. The van der Waals surface area contributed by atoms with Crippen molar-refractivity contribution in [2.45, 2.75) is 44.9 Å². The van der Waals surface area contributed by atoms with Gasteiger partial charge in [-0.05, 0) is 74.8 Å². The molecule has 1 N–H and O–H groups in total. The number of hydrogen-bond donors (Lipinski definition) is 1. The van der Waals surface area contributed by atoms with E-state index in [1.165, 1.54) is 5.56 Å². The van der Waals surface area contributed by atoms with E-state index in [0.717, 1.165) is 58.9 Å². The molecular weight excluding hydrogens is 440 g/mol. The lowest BCUT2D eigenvalue weighted by atomic mass is 9.96. The summed E-state index contributed by atoms with van der Waals surface area (Å²) in [5.74, 6) is 0. The fraction of sp³-hybridized carbons (Fsp3) is 0.360. The summed E-state index contributed by atoms with van der Waals surface area (Å²) in [6.07, 6.45) is 4.21. The summed E-state index contributed by atoms with van der Waals surface area (Å²) in [5.41, 5.74) is 5.50. The monoisotopic (exact) mass is 466 g/mol. The minimum atomic E-state index is -0.0368. The molecule has 7 heteroatoms. The Morgan fingerprint density at radius 3 is 2.72 bits per heavy atom. The highest BCUT2D eigenvalue weighted by Gasteiger charge is 2.42. The Morgan fingerprint density at radius 2 is 2.00 bits per heavy atom. The Kier molecular flexibility index (Phi) is 5.93. The van der Waals surface area contributed by atoms with Gasteiger partial charge >= 0.3 is 0 Å². The van der Waals surface area contributed by atoms with Gasteiger partial charge in [0.2, 0.25) is 0 Å². The first-order valence-corrected chi connectivity index (χ1v) is 11.9. The molecule has 0 bridgehead atoms. The van der Waals surface area contributed by atoms with E-state index >= 15 is 0 Å². The largest absolute Gasteiger partial charge is 0.376 e. The van der Waals surface area contributed by atoms with E-state index in [4.69, 9.17) is 28.6 Å². The Morgan fingerprint density at radius 1 is 1.19 bits per heavy atom. The van der Waals surface area contributed by atoms with Gasteiger partial charge in [0.15, 0.2) is 5.11 Å². The van der Waals surface area contributed by atoms with Crippen molar-refractivity contribution in [3.63, 3.8) is 0 Å². The van der Waals surface area contributed by atoms with Crippen molar-refractivity contribution in [1.29, 1.82) is 0 Å². The zero-order valence-corrected chi connectivity index (χ0v) is 19.9. The minimum absolute atomic E-state index is 0.0176. The number of hydrogen-bond acceptors (Lipinski definition) is 3. The molecule has 5 rings (SSSR count). The van der Waals surface area contributed by atoms with Crippen LogP contribution in [0.5, 0.6) is 0 Å². The molecule has 2 aliphatic heterocycles. The molecule has 2 aliphatic rings. The van der Waals surface area contributed by atoms with Gasteiger partial charge in [0.25, 0.3) is 0 Å². The third-order valence-corrected chi connectivity index (χ3v) is 7.18. The summed E-state index contributed by atoms with van der Waals surface area (Å²) < 4.78 is 8.20. The van der Waals surface area contributed by atoms with Crippen LogP contribution in [0, 0.1) is 13.8 Å². The van der Waals surface area contributed by atoms with Gasteiger partial charge in [-0.25, -0.2) is 0 Å². The number of rotatable bonds is 5. The van der Waals surface area contributed by atoms with Crippen LogP contribution in [-0.4, -0.2) is 38.8 Å². The third-order valence-electron chi connectivity index (χ3n) is 6.50. The first-order chi connectivity index (χ1) is 15.5. The van der Waals surface area contributed by atoms with Gasteiger partial charge in [-0.15, -0.1) is 0 Å². The zero-order chi connectivity index (χ0) is 22.2. The topological polar surface area (TPSA) is 42.3 Å². The van der Waals surface area contributed by atoms with Crippen LogP contribution in [0.2, 0.25) is 5.02 Å². The van der Waals surface area contributed by atoms with Crippen LogP contribution in [0.15, 0.2) is 54.7 Å². The van der Waals surface area contributed by atoms with Crippen molar-refractivity contribution in [3.8, 4) is 5.69 Å². The number of aryl methyl sites for hydroxylation is 1. The van der Waals surface area contributed by atoms with Crippen molar-refractivity contribution in [2.75, 3.05) is 13.2 Å². The van der Waals surface area contributed by atoms with Gasteiger partial charge < -0.3 is 19.5 Å². The molecule has 1 aromatic carbocycles. The van der Waals surface area contributed by atoms with Crippen LogP contribution in [0.4, 0.5) is 0 Å². The third kappa shape index (κ3) is 3.81. The summed E-state index contributed by atoms with van der Waals surface area (Å²) in [4.78, 5) is 6.96. The second-order valence-corrected chi connectivity index (χ2v) is 9.32. The molecule has 166 valence electrons. The molecule has 3 unspecified atom stereocenters. The number of halogens is 1. The highest BCUT2D eigenvalue weighted by Crippen LogP contribution is 2.42. The quantitative estimate of drug-likeness (QED) is 0.517. The summed E-state index contributed by atoms with van der Waals surface area (Å²) >= 11 is 12.4. The normalized spacial score (nSPS) is 23.0. The van der Waals surface area contributed by atoms with Crippen LogP contribution >= 0.6 is 23.8 Å². The fourth-order valence-corrected chi connectivity index (χ4v) is 5.57. The van der Waals surface area contributed by atoms with Crippen LogP contribution in [0.1, 0.15) is 47.6 Å². The predicted octanol–water partition coefficient (Wildman–Crippen LogP) is 5.29. The standard InChI is InChI=1S/C25H27ClN4OS/c1-16-14-19(17(2)30(16)22-11-4-3-9-20(22)26)24-23(21-10-5-6-12-27-21)28-25(32)29(24)15-18-8-7-13-31-18/h3-6,9-12,14,18,23-24H,7-8,13,15H2,1-2H3,(H,28,32). The van der Waals surface area contributed by atoms with Crippen LogP contribution in [0.25, 0.3) is 5.69 Å². The Bertz CT molecular complexity index is 1130. The predicted molar refractivity (Wildman–Crippen MR) is 131 cm³/mol. The maximum absolute atomic E-state index is 6.57. The molecule has 3 aromatic rings. The number of nitrogens with zero attached hydrogens (tertiary/aromatic N) is 3. The van der Waals surface area contributed by atoms with Gasteiger partial charge in [0, 0.05) is 30.7 Å². The number of ether oxygens (including phenoxy) is 1. The summed E-state index contributed by atoms with van der Waals surface area (Å²) in [5, 5.41) is 5.04. The summed E-state index contributed by atoms with van der Waals surface area (Å²) in [6, 6.07) is 16.3. The van der Waals surface area contributed by atoms with E-state index in [9.17, 15) is 0 Å². The molecule has 5 nitrogen and oxygen atoms in total. The molecule has 4 heterocycles. The van der Waals surface area contributed by atoms with Crippen molar-refractivity contribution in [2.24, 2.45) is 0 Å². The highest BCUT2D eigenvalue weighted by molar-refractivity contribution is 7.80. The number of benzene rings is 1. The molecule has 0 saturated carbocycles. The van der Waals surface area contributed by atoms with Crippen LogP contribution < -0.4 is 5.32 Å². The van der Waals surface area contributed by atoms with E-state index < -0.39 is 0 Å². The number of nitrogens with one attached hydrogen (secondary N) is 1. The second kappa shape index (κ2) is 8.85. The van der Waals surface area contributed by atoms with Gasteiger partial charge in [0.1, 0.15) is 0 Å².